The summed E-state index contributed by atoms with van der Waals surface area (Å²) >= 11 is 0. The van der Waals surface area contributed by atoms with E-state index in [1.807, 2.05) is 53.1 Å². The second-order valence-electron chi connectivity index (χ2n) is 7.18. The van der Waals surface area contributed by atoms with Gasteiger partial charge in [0.1, 0.15) is 5.75 Å². The largest absolute Gasteiger partial charge is 0.497 e. The molecule has 0 spiro atoms. The Morgan fingerprint density at radius 2 is 1.45 bits per heavy atom. The molecule has 0 amide bonds. The molecular formula is C25H17F3N2O. The fourth-order valence-electron chi connectivity index (χ4n) is 3.98. The molecule has 31 heavy (non-hydrogen) atoms. The number of benzene rings is 3. The average Bonchev–Trinajstić information content (AvgIpc) is 3.12. The number of hydrogen-bond donors (Lipinski definition) is 0. The zero-order valence-corrected chi connectivity index (χ0v) is 16.5. The summed E-state index contributed by atoms with van der Waals surface area (Å²) in [4.78, 5) is 4.35. The normalized spacial score (nSPS) is 11.9. The van der Waals surface area contributed by atoms with Gasteiger partial charge in [-0.2, -0.15) is 13.2 Å². The summed E-state index contributed by atoms with van der Waals surface area (Å²) in [5.41, 5.74) is 2.49. The third kappa shape index (κ3) is 3.20. The molecule has 5 rings (SSSR count). The van der Waals surface area contributed by atoms with Gasteiger partial charge in [0, 0.05) is 28.6 Å². The van der Waals surface area contributed by atoms with Crippen molar-refractivity contribution in [3.63, 3.8) is 0 Å². The van der Waals surface area contributed by atoms with Crippen molar-refractivity contribution in [2.45, 2.75) is 6.18 Å². The molecular weight excluding hydrogens is 401 g/mol. The first-order chi connectivity index (χ1) is 15.0. The minimum atomic E-state index is -4.47. The smallest absolute Gasteiger partial charge is 0.416 e. The number of ether oxygens (including phenoxy) is 1. The first-order valence-electron chi connectivity index (χ1n) is 9.67. The number of fused-ring (bicyclic) bond motifs is 3. The first kappa shape index (κ1) is 19.2. The lowest BCUT2D eigenvalue weighted by Crippen LogP contribution is -2.07. The number of pyridine rings is 1. The fraction of sp³-hybridized carbons (Fsp3) is 0.0800. The molecule has 2 aromatic heterocycles. The van der Waals surface area contributed by atoms with Crippen molar-refractivity contribution < 1.29 is 17.9 Å². The highest BCUT2D eigenvalue weighted by Gasteiger charge is 2.31. The van der Waals surface area contributed by atoms with Gasteiger partial charge in [0.2, 0.25) is 0 Å². The molecule has 154 valence electrons. The molecule has 0 N–H and O–H groups in total. The predicted octanol–water partition coefficient (Wildman–Crippen LogP) is 6.87. The maximum absolute atomic E-state index is 13.6. The second kappa shape index (κ2) is 7.16. The lowest BCUT2D eigenvalue weighted by molar-refractivity contribution is -0.137. The molecule has 0 bridgehead atoms. The lowest BCUT2D eigenvalue weighted by Gasteiger charge is -2.16. The summed E-state index contributed by atoms with van der Waals surface area (Å²) in [5, 5.41) is 2.06. The number of halogens is 3. The Hall–Kier alpha value is -3.80. The third-order valence-electron chi connectivity index (χ3n) is 5.39. The Kier molecular flexibility index (Phi) is 4.43. The standard InChI is InChI=1S/C25H17F3N2O/c1-31-17-12-13-29-21(15-17)20-14-16(25(26,27)28)10-11-24(20)30-22-8-4-2-6-18(22)19-7-3-5-9-23(19)30/h2-15H,1H3. The number of aromatic nitrogens is 2. The molecule has 0 aliphatic rings. The van der Waals surface area contributed by atoms with Gasteiger partial charge < -0.3 is 9.30 Å². The van der Waals surface area contributed by atoms with Gasteiger partial charge in [-0.05, 0) is 36.4 Å². The second-order valence-corrected chi connectivity index (χ2v) is 7.18. The maximum Gasteiger partial charge on any atom is 0.416 e. The summed E-state index contributed by atoms with van der Waals surface area (Å²) in [6, 6.07) is 22.8. The van der Waals surface area contributed by atoms with Gasteiger partial charge in [0.15, 0.2) is 0 Å². The van der Waals surface area contributed by atoms with E-state index < -0.39 is 11.7 Å². The van der Waals surface area contributed by atoms with Crippen LogP contribution in [-0.2, 0) is 6.18 Å². The van der Waals surface area contributed by atoms with E-state index in [1.54, 1.807) is 12.1 Å². The molecule has 0 unspecified atom stereocenters. The van der Waals surface area contributed by atoms with Crippen LogP contribution in [0.1, 0.15) is 5.56 Å². The van der Waals surface area contributed by atoms with Crippen LogP contribution in [0.5, 0.6) is 5.75 Å². The van der Waals surface area contributed by atoms with E-state index >= 15 is 0 Å². The van der Waals surface area contributed by atoms with Crippen molar-refractivity contribution >= 4 is 21.8 Å². The Balaban J connectivity index is 1.88. The Bertz CT molecular complexity index is 1370. The number of para-hydroxylation sites is 2. The SMILES string of the molecule is COc1ccnc(-c2cc(C(F)(F)F)ccc2-n2c3ccccc3c3ccccc32)c1. The summed E-state index contributed by atoms with van der Waals surface area (Å²) in [7, 11) is 1.51. The van der Waals surface area contributed by atoms with Crippen LogP contribution in [0.4, 0.5) is 13.2 Å². The van der Waals surface area contributed by atoms with E-state index in [2.05, 4.69) is 4.98 Å². The van der Waals surface area contributed by atoms with Gasteiger partial charge in [-0.1, -0.05) is 36.4 Å². The number of hydrogen-bond acceptors (Lipinski definition) is 2. The van der Waals surface area contributed by atoms with Crippen LogP contribution >= 0.6 is 0 Å². The minimum absolute atomic E-state index is 0.375. The van der Waals surface area contributed by atoms with Crippen LogP contribution in [0.3, 0.4) is 0 Å². The Labute approximate surface area is 176 Å². The van der Waals surface area contributed by atoms with Crippen molar-refractivity contribution in [2.75, 3.05) is 7.11 Å². The Morgan fingerprint density at radius 3 is 2.06 bits per heavy atom. The predicted molar refractivity (Wildman–Crippen MR) is 116 cm³/mol. The molecule has 3 nitrogen and oxygen atoms in total. The lowest BCUT2D eigenvalue weighted by atomic mass is 10.0. The van der Waals surface area contributed by atoms with Gasteiger partial charge in [-0.15, -0.1) is 0 Å². The summed E-state index contributed by atoms with van der Waals surface area (Å²) in [6.45, 7) is 0. The van der Waals surface area contributed by atoms with Crippen molar-refractivity contribution in [3.05, 3.63) is 90.6 Å². The van der Waals surface area contributed by atoms with Crippen molar-refractivity contribution in [2.24, 2.45) is 0 Å². The molecule has 5 aromatic rings. The van der Waals surface area contributed by atoms with E-state index in [4.69, 9.17) is 4.74 Å². The van der Waals surface area contributed by atoms with Gasteiger partial charge >= 0.3 is 6.18 Å². The molecule has 6 heteroatoms. The monoisotopic (exact) mass is 418 g/mol. The topological polar surface area (TPSA) is 27.1 Å². The van der Waals surface area contributed by atoms with Crippen LogP contribution in [0, 0.1) is 0 Å². The number of alkyl halides is 3. The minimum Gasteiger partial charge on any atom is -0.497 e. The van der Waals surface area contributed by atoms with Crippen LogP contribution in [0.2, 0.25) is 0 Å². The van der Waals surface area contributed by atoms with Crippen LogP contribution in [-0.4, -0.2) is 16.7 Å². The molecule has 0 radical (unpaired) electrons. The third-order valence-corrected chi connectivity index (χ3v) is 5.39. The highest BCUT2D eigenvalue weighted by molar-refractivity contribution is 6.09. The van der Waals surface area contributed by atoms with Gasteiger partial charge in [0.05, 0.1) is 35.1 Å². The van der Waals surface area contributed by atoms with E-state index in [-0.39, 0.29) is 0 Å². The Morgan fingerprint density at radius 1 is 0.806 bits per heavy atom. The highest BCUT2D eigenvalue weighted by Crippen LogP contribution is 2.39. The number of methoxy groups -OCH3 is 1. The molecule has 2 heterocycles. The van der Waals surface area contributed by atoms with E-state index in [0.717, 1.165) is 33.9 Å². The van der Waals surface area contributed by atoms with Crippen molar-refractivity contribution in [1.29, 1.82) is 0 Å². The van der Waals surface area contributed by atoms with Gasteiger partial charge in [-0.3, -0.25) is 4.98 Å². The maximum atomic E-state index is 13.6. The average molecular weight is 418 g/mol. The van der Waals surface area contributed by atoms with Crippen molar-refractivity contribution in [3.8, 4) is 22.7 Å². The summed E-state index contributed by atoms with van der Waals surface area (Å²) in [6.07, 6.45) is -2.93. The van der Waals surface area contributed by atoms with Crippen LogP contribution in [0.15, 0.2) is 85.1 Å². The highest BCUT2D eigenvalue weighted by atomic mass is 19.4. The molecule has 0 saturated carbocycles. The van der Waals surface area contributed by atoms with Crippen LogP contribution < -0.4 is 4.74 Å². The first-order valence-corrected chi connectivity index (χ1v) is 9.67. The summed E-state index contributed by atoms with van der Waals surface area (Å²) in [5.74, 6) is 0.524. The fourth-order valence-corrected chi connectivity index (χ4v) is 3.98. The zero-order chi connectivity index (χ0) is 21.6. The molecule has 0 aliphatic carbocycles. The molecule has 0 atom stereocenters. The van der Waals surface area contributed by atoms with E-state index in [1.165, 1.54) is 19.4 Å². The quantitative estimate of drug-likeness (QED) is 0.320. The van der Waals surface area contributed by atoms with Crippen LogP contribution in [0.25, 0.3) is 38.8 Å². The van der Waals surface area contributed by atoms with E-state index in [0.29, 0.717) is 22.7 Å². The molecule has 3 aromatic carbocycles. The molecule has 0 fully saturated rings. The summed E-state index contributed by atoms with van der Waals surface area (Å²) < 4.78 is 47.9. The van der Waals surface area contributed by atoms with Crippen molar-refractivity contribution in [1.82, 2.24) is 9.55 Å². The number of rotatable bonds is 3. The van der Waals surface area contributed by atoms with Gasteiger partial charge in [0.25, 0.3) is 0 Å². The van der Waals surface area contributed by atoms with E-state index in [9.17, 15) is 13.2 Å². The van der Waals surface area contributed by atoms with Gasteiger partial charge in [-0.25, -0.2) is 0 Å². The molecule has 0 aliphatic heterocycles. The zero-order valence-electron chi connectivity index (χ0n) is 16.5. The number of nitrogens with zero attached hydrogens (tertiary/aromatic N) is 2. The molecule has 0 saturated heterocycles.